The number of nitrogens with zero attached hydrogens (tertiary/aromatic N) is 1. The number of anilines is 1. The second-order valence-corrected chi connectivity index (χ2v) is 7.03. The summed E-state index contributed by atoms with van der Waals surface area (Å²) in [6, 6.07) is 4.04. The number of hydrogen-bond donors (Lipinski definition) is 2. The summed E-state index contributed by atoms with van der Waals surface area (Å²) >= 11 is 6.80. The Morgan fingerprint density at radius 3 is 2.65 bits per heavy atom. The van der Waals surface area contributed by atoms with Crippen LogP contribution in [-0.4, -0.2) is 21.6 Å². The number of thioether (sulfide) groups is 1. The van der Waals surface area contributed by atoms with Gasteiger partial charge in [0.2, 0.25) is 5.91 Å². The van der Waals surface area contributed by atoms with Crippen molar-refractivity contribution in [3.05, 3.63) is 50.9 Å². The summed E-state index contributed by atoms with van der Waals surface area (Å²) in [5.74, 6) is -0.694. The van der Waals surface area contributed by atoms with Crippen LogP contribution in [0.1, 0.15) is 31.0 Å². The molecule has 2 N–H and O–H groups in total. The molecule has 2 rings (SSSR count). The van der Waals surface area contributed by atoms with Gasteiger partial charge in [0.05, 0.1) is 27.7 Å². The molecular weight excluding hydrogens is 391 g/mol. The van der Waals surface area contributed by atoms with Gasteiger partial charge in [-0.3, -0.25) is 9.59 Å². The van der Waals surface area contributed by atoms with Crippen molar-refractivity contribution in [1.82, 2.24) is 9.97 Å². The van der Waals surface area contributed by atoms with Gasteiger partial charge in [0.25, 0.3) is 5.56 Å². The number of halogens is 4. The lowest BCUT2D eigenvalue weighted by Gasteiger charge is -2.11. The average Bonchev–Trinajstić information content (AvgIpc) is 2.53. The van der Waals surface area contributed by atoms with Crippen molar-refractivity contribution in [2.75, 3.05) is 11.1 Å². The Kier molecular flexibility index (Phi) is 6.35. The zero-order valence-electron chi connectivity index (χ0n) is 13.8. The summed E-state index contributed by atoms with van der Waals surface area (Å²) in [6.45, 7) is 3.75. The molecule has 140 valence electrons. The van der Waals surface area contributed by atoms with Gasteiger partial charge in [-0.25, -0.2) is 4.98 Å². The lowest BCUT2D eigenvalue weighted by Crippen LogP contribution is -2.17. The molecule has 26 heavy (non-hydrogen) atoms. The molecule has 5 nitrogen and oxygen atoms in total. The van der Waals surface area contributed by atoms with Gasteiger partial charge in [0.15, 0.2) is 5.16 Å². The van der Waals surface area contributed by atoms with Crippen molar-refractivity contribution < 1.29 is 18.0 Å². The summed E-state index contributed by atoms with van der Waals surface area (Å²) in [5, 5.41) is 2.58. The second kappa shape index (κ2) is 8.13. The highest BCUT2D eigenvalue weighted by molar-refractivity contribution is 7.99. The minimum absolute atomic E-state index is 0.00955. The molecule has 1 heterocycles. The molecule has 1 aromatic carbocycles. The summed E-state index contributed by atoms with van der Waals surface area (Å²) in [7, 11) is 0. The third-order valence-electron chi connectivity index (χ3n) is 3.24. The van der Waals surface area contributed by atoms with E-state index < -0.39 is 17.6 Å². The van der Waals surface area contributed by atoms with E-state index in [2.05, 4.69) is 15.3 Å². The van der Waals surface area contributed by atoms with E-state index in [1.54, 1.807) is 0 Å². The molecule has 0 radical (unpaired) electrons. The maximum absolute atomic E-state index is 12.7. The smallest absolute Gasteiger partial charge is 0.324 e. The first-order valence-electron chi connectivity index (χ1n) is 7.47. The summed E-state index contributed by atoms with van der Waals surface area (Å²) < 4.78 is 38.2. The molecule has 10 heteroatoms. The first-order chi connectivity index (χ1) is 12.1. The van der Waals surface area contributed by atoms with E-state index >= 15 is 0 Å². The van der Waals surface area contributed by atoms with Crippen molar-refractivity contribution in [3.8, 4) is 0 Å². The van der Waals surface area contributed by atoms with E-state index in [-0.39, 0.29) is 33.1 Å². The third kappa shape index (κ3) is 5.50. The van der Waals surface area contributed by atoms with Crippen LogP contribution in [0.5, 0.6) is 0 Å². The predicted molar refractivity (Wildman–Crippen MR) is 94.8 cm³/mol. The Morgan fingerprint density at radius 1 is 1.35 bits per heavy atom. The minimum Gasteiger partial charge on any atom is -0.324 e. The van der Waals surface area contributed by atoms with E-state index in [9.17, 15) is 22.8 Å². The highest BCUT2D eigenvalue weighted by Gasteiger charge is 2.31. The topological polar surface area (TPSA) is 74.8 Å². The minimum atomic E-state index is -4.54. The Balaban J connectivity index is 2.07. The molecule has 0 spiro atoms. The van der Waals surface area contributed by atoms with Crippen LogP contribution < -0.4 is 10.9 Å². The van der Waals surface area contributed by atoms with E-state index in [0.29, 0.717) is 5.69 Å². The summed E-state index contributed by atoms with van der Waals surface area (Å²) in [6.07, 6.45) is -4.54. The van der Waals surface area contributed by atoms with Gasteiger partial charge in [0, 0.05) is 6.07 Å². The van der Waals surface area contributed by atoms with Crippen LogP contribution in [-0.2, 0) is 11.0 Å². The normalized spacial score (nSPS) is 11.7. The average molecular weight is 406 g/mol. The van der Waals surface area contributed by atoms with Crippen molar-refractivity contribution in [1.29, 1.82) is 0 Å². The molecule has 0 saturated heterocycles. The van der Waals surface area contributed by atoms with Gasteiger partial charge in [-0.1, -0.05) is 37.2 Å². The van der Waals surface area contributed by atoms with Crippen molar-refractivity contribution in [2.45, 2.75) is 31.1 Å². The van der Waals surface area contributed by atoms with Gasteiger partial charge in [-0.15, -0.1) is 0 Å². The van der Waals surface area contributed by atoms with Gasteiger partial charge in [-0.2, -0.15) is 13.2 Å². The maximum atomic E-state index is 12.7. The number of hydrogen-bond acceptors (Lipinski definition) is 4. The fourth-order valence-corrected chi connectivity index (χ4v) is 2.78. The van der Waals surface area contributed by atoms with Crippen LogP contribution in [0.3, 0.4) is 0 Å². The van der Waals surface area contributed by atoms with Crippen LogP contribution in [0.4, 0.5) is 18.9 Å². The van der Waals surface area contributed by atoms with Gasteiger partial charge < -0.3 is 10.3 Å². The summed E-state index contributed by atoms with van der Waals surface area (Å²) in [4.78, 5) is 30.3. The Morgan fingerprint density at radius 2 is 2.04 bits per heavy atom. The van der Waals surface area contributed by atoms with Crippen LogP contribution in [0, 0.1) is 0 Å². The van der Waals surface area contributed by atoms with Gasteiger partial charge >= 0.3 is 6.18 Å². The number of rotatable bonds is 5. The second-order valence-electron chi connectivity index (χ2n) is 5.66. The SMILES string of the molecule is CC(C)c1cc(=O)[nH]c(SCC(=O)Nc2cc(C(F)(F)F)ccc2Cl)n1. The number of carbonyl (C=O) groups excluding carboxylic acids is 1. The van der Waals surface area contributed by atoms with Crippen molar-refractivity contribution >= 4 is 35.0 Å². The Bertz CT molecular complexity index is 869. The molecule has 1 aromatic heterocycles. The number of benzene rings is 1. The molecule has 0 aliphatic rings. The van der Waals surface area contributed by atoms with Crippen LogP contribution in [0.2, 0.25) is 5.02 Å². The molecule has 0 aliphatic heterocycles. The zero-order chi connectivity index (χ0) is 19.5. The van der Waals surface area contributed by atoms with Crippen LogP contribution in [0.15, 0.2) is 34.2 Å². The quantitative estimate of drug-likeness (QED) is 0.574. The number of nitrogens with one attached hydrogen (secondary N) is 2. The Hall–Kier alpha value is -2.00. The molecule has 0 saturated carbocycles. The van der Waals surface area contributed by atoms with E-state index in [1.165, 1.54) is 6.07 Å². The van der Waals surface area contributed by atoms with E-state index in [0.717, 1.165) is 30.0 Å². The fourth-order valence-electron chi connectivity index (χ4n) is 1.93. The van der Waals surface area contributed by atoms with Crippen molar-refractivity contribution in [2.24, 2.45) is 0 Å². The standard InChI is InChI=1S/C16H15ClF3N3O2S/c1-8(2)11-6-13(24)23-15(22-11)26-7-14(25)21-12-5-9(16(18,19)20)3-4-10(12)17/h3-6,8H,7H2,1-2H3,(H,21,25)(H,22,23,24). The number of alkyl halides is 3. The number of amides is 1. The number of aromatic nitrogens is 2. The number of H-pyrrole nitrogens is 1. The Labute approximate surface area is 156 Å². The molecule has 1 amide bonds. The maximum Gasteiger partial charge on any atom is 0.416 e. The highest BCUT2D eigenvalue weighted by atomic mass is 35.5. The van der Waals surface area contributed by atoms with Crippen molar-refractivity contribution in [3.63, 3.8) is 0 Å². The molecule has 0 fully saturated rings. The zero-order valence-corrected chi connectivity index (χ0v) is 15.4. The monoisotopic (exact) mass is 405 g/mol. The molecular formula is C16H15ClF3N3O2S. The lowest BCUT2D eigenvalue weighted by molar-refractivity contribution is -0.137. The molecule has 0 atom stereocenters. The molecule has 0 aliphatic carbocycles. The molecule has 2 aromatic rings. The van der Waals surface area contributed by atoms with Gasteiger partial charge in [-0.05, 0) is 24.1 Å². The number of carbonyl (C=O) groups is 1. The molecule has 0 bridgehead atoms. The highest BCUT2D eigenvalue weighted by Crippen LogP contribution is 2.33. The lowest BCUT2D eigenvalue weighted by atomic mass is 10.1. The molecule has 0 unspecified atom stereocenters. The first-order valence-corrected chi connectivity index (χ1v) is 8.83. The largest absolute Gasteiger partial charge is 0.416 e. The third-order valence-corrected chi connectivity index (χ3v) is 4.44. The van der Waals surface area contributed by atoms with Crippen LogP contribution in [0.25, 0.3) is 0 Å². The predicted octanol–water partition coefficient (Wildman–Crippen LogP) is 4.30. The summed E-state index contributed by atoms with van der Waals surface area (Å²) in [5.41, 5.74) is -0.810. The van der Waals surface area contributed by atoms with E-state index in [4.69, 9.17) is 11.6 Å². The van der Waals surface area contributed by atoms with Gasteiger partial charge in [0.1, 0.15) is 0 Å². The van der Waals surface area contributed by atoms with E-state index in [1.807, 2.05) is 13.8 Å². The number of aromatic amines is 1. The first kappa shape index (κ1) is 20.3. The van der Waals surface area contributed by atoms with Crippen LogP contribution >= 0.6 is 23.4 Å². The fraction of sp³-hybridized carbons (Fsp3) is 0.312.